The smallest absolute Gasteiger partial charge is 0.332 e. The Morgan fingerprint density at radius 1 is 1.12 bits per heavy atom. The van der Waals surface area contributed by atoms with Gasteiger partial charge in [-0.1, -0.05) is 0 Å². The van der Waals surface area contributed by atoms with E-state index in [0.717, 1.165) is 0 Å². The van der Waals surface area contributed by atoms with Gasteiger partial charge in [0.1, 0.15) is 0 Å². The predicted octanol–water partition coefficient (Wildman–Crippen LogP) is 0.465. The van der Waals surface area contributed by atoms with Crippen molar-refractivity contribution in [1.82, 2.24) is 4.57 Å². The largest absolute Gasteiger partial charge is 0.479 e. The zero-order chi connectivity index (χ0) is 12.0. The van der Waals surface area contributed by atoms with Gasteiger partial charge >= 0.3 is 5.97 Å². The SMILES string of the molecule is O=C(O)C(O)CCC(O)CCn1cccc1. The number of hydrogen-bond acceptors (Lipinski definition) is 3. The van der Waals surface area contributed by atoms with E-state index in [2.05, 4.69) is 0 Å². The Morgan fingerprint density at radius 2 is 1.75 bits per heavy atom. The quantitative estimate of drug-likeness (QED) is 0.632. The predicted molar refractivity (Wildman–Crippen MR) is 57.9 cm³/mol. The first-order valence-corrected chi connectivity index (χ1v) is 5.29. The molecule has 1 rings (SSSR count). The molecule has 5 nitrogen and oxygen atoms in total. The summed E-state index contributed by atoms with van der Waals surface area (Å²) in [6.45, 7) is 0.692. The van der Waals surface area contributed by atoms with Gasteiger partial charge in [0.2, 0.25) is 0 Å². The maximum atomic E-state index is 10.3. The number of aryl methyl sites for hydroxylation is 1. The molecule has 5 heteroatoms. The van der Waals surface area contributed by atoms with Crippen LogP contribution in [0.4, 0.5) is 0 Å². The molecule has 0 aliphatic rings. The van der Waals surface area contributed by atoms with Crippen LogP contribution in [0.1, 0.15) is 19.3 Å². The van der Waals surface area contributed by atoms with Crippen LogP contribution in [0.2, 0.25) is 0 Å². The third-order valence-corrected chi connectivity index (χ3v) is 2.45. The molecule has 0 bridgehead atoms. The second-order valence-electron chi connectivity index (χ2n) is 3.79. The molecule has 0 saturated heterocycles. The van der Waals surface area contributed by atoms with E-state index in [1.165, 1.54) is 0 Å². The van der Waals surface area contributed by atoms with Crippen LogP contribution in [0.3, 0.4) is 0 Å². The molecule has 0 aliphatic heterocycles. The van der Waals surface area contributed by atoms with Gasteiger partial charge in [0.15, 0.2) is 6.10 Å². The molecule has 0 saturated carbocycles. The molecule has 1 aromatic rings. The Bertz CT molecular complexity index is 310. The highest BCUT2D eigenvalue weighted by Gasteiger charge is 2.15. The van der Waals surface area contributed by atoms with Gasteiger partial charge in [0.25, 0.3) is 0 Å². The number of carbonyl (C=O) groups is 1. The van der Waals surface area contributed by atoms with Crippen molar-refractivity contribution in [2.45, 2.75) is 38.0 Å². The molecule has 0 aliphatic carbocycles. The Balaban J connectivity index is 2.16. The lowest BCUT2D eigenvalue weighted by Crippen LogP contribution is -2.22. The lowest BCUT2D eigenvalue weighted by molar-refractivity contribution is -0.147. The lowest BCUT2D eigenvalue weighted by Gasteiger charge is -2.12. The summed E-state index contributed by atoms with van der Waals surface area (Å²) >= 11 is 0. The van der Waals surface area contributed by atoms with Crippen molar-refractivity contribution in [2.24, 2.45) is 0 Å². The Labute approximate surface area is 93.9 Å². The molecule has 0 aromatic carbocycles. The summed E-state index contributed by atoms with van der Waals surface area (Å²) in [6, 6.07) is 3.81. The Kier molecular flexibility index (Phi) is 5.01. The number of aliphatic carboxylic acids is 1. The summed E-state index contributed by atoms with van der Waals surface area (Å²) < 4.78 is 1.94. The van der Waals surface area contributed by atoms with Crippen LogP contribution >= 0.6 is 0 Å². The van der Waals surface area contributed by atoms with E-state index < -0.39 is 18.2 Å². The second-order valence-corrected chi connectivity index (χ2v) is 3.79. The van der Waals surface area contributed by atoms with Crippen molar-refractivity contribution in [3.05, 3.63) is 24.5 Å². The summed E-state index contributed by atoms with van der Waals surface area (Å²) in [5, 5.41) is 27.0. The fraction of sp³-hybridized carbons (Fsp3) is 0.545. The first-order valence-electron chi connectivity index (χ1n) is 5.29. The maximum absolute atomic E-state index is 10.3. The monoisotopic (exact) mass is 227 g/mol. The topological polar surface area (TPSA) is 82.7 Å². The summed E-state index contributed by atoms with van der Waals surface area (Å²) in [7, 11) is 0. The lowest BCUT2D eigenvalue weighted by atomic mass is 10.1. The molecule has 0 amide bonds. The van der Waals surface area contributed by atoms with Crippen LogP contribution < -0.4 is 0 Å². The summed E-state index contributed by atoms with van der Waals surface area (Å²) in [5.41, 5.74) is 0. The van der Waals surface area contributed by atoms with Crippen molar-refractivity contribution in [2.75, 3.05) is 0 Å². The molecule has 0 radical (unpaired) electrons. The molecule has 0 fully saturated rings. The fourth-order valence-corrected chi connectivity index (χ4v) is 1.44. The van der Waals surface area contributed by atoms with Gasteiger partial charge in [-0.15, -0.1) is 0 Å². The van der Waals surface area contributed by atoms with E-state index in [0.29, 0.717) is 19.4 Å². The Hall–Kier alpha value is -1.33. The number of hydrogen-bond donors (Lipinski definition) is 3. The van der Waals surface area contributed by atoms with Gasteiger partial charge in [-0.25, -0.2) is 4.79 Å². The van der Waals surface area contributed by atoms with Gasteiger partial charge in [-0.05, 0) is 31.4 Å². The second kappa shape index (κ2) is 6.30. The normalized spacial score (nSPS) is 14.6. The standard InChI is InChI=1S/C11H17NO4/c13-9(3-4-10(14)11(15)16)5-8-12-6-1-2-7-12/h1-2,6-7,9-10,13-14H,3-5,8H2,(H,15,16). The van der Waals surface area contributed by atoms with Crippen LogP contribution in [-0.2, 0) is 11.3 Å². The van der Waals surface area contributed by atoms with Crippen molar-refractivity contribution >= 4 is 5.97 Å². The molecule has 90 valence electrons. The van der Waals surface area contributed by atoms with E-state index in [-0.39, 0.29) is 6.42 Å². The van der Waals surface area contributed by atoms with Gasteiger partial charge < -0.3 is 19.9 Å². The number of carboxylic acid groups (broad SMARTS) is 1. The number of aromatic nitrogens is 1. The van der Waals surface area contributed by atoms with Gasteiger partial charge in [0.05, 0.1) is 6.10 Å². The number of carboxylic acids is 1. The first kappa shape index (κ1) is 12.7. The molecule has 1 aromatic heterocycles. The molecule has 16 heavy (non-hydrogen) atoms. The van der Waals surface area contributed by atoms with Gasteiger partial charge in [-0.3, -0.25) is 0 Å². The van der Waals surface area contributed by atoms with Crippen LogP contribution in [0.5, 0.6) is 0 Å². The van der Waals surface area contributed by atoms with E-state index in [1.807, 2.05) is 29.1 Å². The molecular formula is C11H17NO4. The van der Waals surface area contributed by atoms with Crippen molar-refractivity contribution in [3.8, 4) is 0 Å². The van der Waals surface area contributed by atoms with E-state index in [1.54, 1.807) is 0 Å². The summed E-state index contributed by atoms with van der Waals surface area (Å²) in [4.78, 5) is 10.3. The van der Waals surface area contributed by atoms with E-state index >= 15 is 0 Å². The maximum Gasteiger partial charge on any atom is 0.332 e. The fourth-order valence-electron chi connectivity index (χ4n) is 1.44. The summed E-state index contributed by atoms with van der Waals surface area (Å²) in [5.74, 6) is -1.24. The van der Waals surface area contributed by atoms with Crippen molar-refractivity contribution < 1.29 is 20.1 Å². The number of aliphatic hydroxyl groups excluding tert-OH is 2. The molecule has 2 unspecified atom stereocenters. The highest BCUT2D eigenvalue weighted by molar-refractivity contribution is 5.71. The van der Waals surface area contributed by atoms with Gasteiger partial charge in [-0.2, -0.15) is 0 Å². The molecule has 1 heterocycles. The zero-order valence-corrected chi connectivity index (χ0v) is 8.99. The first-order chi connectivity index (χ1) is 7.59. The summed E-state index contributed by atoms with van der Waals surface area (Å²) in [6.07, 6.45) is 2.80. The molecule has 2 atom stereocenters. The zero-order valence-electron chi connectivity index (χ0n) is 8.99. The number of nitrogens with zero attached hydrogens (tertiary/aromatic N) is 1. The van der Waals surface area contributed by atoms with Crippen LogP contribution in [0.15, 0.2) is 24.5 Å². The highest BCUT2D eigenvalue weighted by Crippen LogP contribution is 2.07. The minimum Gasteiger partial charge on any atom is -0.479 e. The Morgan fingerprint density at radius 3 is 2.31 bits per heavy atom. The molecular weight excluding hydrogens is 210 g/mol. The highest BCUT2D eigenvalue weighted by atomic mass is 16.4. The third-order valence-electron chi connectivity index (χ3n) is 2.45. The van der Waals surface area contributed by atoms with Crippen molar-refractivity contribution in [3.63, 3.8) is 0 Å². The van der Waals surface area contributed by atoms with Crippen LogP contribution in [0.25, 0.3) is 0 Å². The average Bonchev–Trinajstić information content (AvgIpc) is 2.75. The molecule has 0 spiro atoms. The van der Waals surface area contributed by atoms with E-state index in [4.69, 9.17) is 10.2 Å². The minimum absolute atomic E-state index is 0.0855. The van der Waals surface area contributed by atoms with Gasteiger partial charge in [0, 0.05) is 18.9 Å². The van der Waals surface area contributed by atoms with Crippen LogP contribution in [-0.4, -0.2) is 38.1 Å². The average molecular weight is 227 g/mol. The van der Waals surface area contributed by atoms with Crippen molar-refractivity contribution in [1.29, 1.82) is 0 Å². The minimum atomic E-state index is -1.37. The van der Waals surface area contributed by atoms with Crippen LogP contribution in [0, 0.1) is 0 Å². The number of rotatable bonds is 7. The number of aliphatic hydroxyl groups is 2. The molecule has 3 N–H and O–H groups in total. The van der Waals surface area contributed by atoms with E-state index in [9.17, 15) is 9.90 Å². The third kappa shape index (κ3) is 4.46.